The molecule has 0 aliphatic carbocycles. The molecule has 5 aliphatic heterocycles. The second-order valence-electron chi connectivity index (χ2n) is 11.5. The Morgan fingerprint density at radius 3 is 1.56 bits per heavy atom. The fourth-order valence-electron chi connectivity index (χ4n) is 6.27. The summed E-state index contributed by atoms with van der Waals surface area (Å²) < 4.78 is 96.3. The fourth-order valence-corrected chi connectivity index (χ4v) is 9.24. The second-order valence-corrected chi connectivity index (χ2v) is 17.3. The molecule has 3 saturated heterocycles. The summed E-state index contributed by atoms with van der Waals surface area (Å²) in [5, 5.41) is 0. The molecule has 22 heteroatoms. The van der Waals surface area contributed by atoms with Crippen molar-refractivity contribution in [3.8, 4) is 0 Å². The van der Waals surface area contributed by atoms with Crippen molar-refractivity contribution in [2.45, 2.75) is 74.9 Å². The zero-order chi connectivity index (χ0) is 33.2. The first kappa shape index (κ1) is 32.8. The van der Waals surface area contributed by atoms with Crippen molar-refractivity contribution in [2.75, 3.05) is 13.2 Å². The van der Waals surface area contributed by atoms with Crippen LogP contribution in [0, 0.1) is 0 Å². The van der Waals surface area contributed by atoms with Gasteiger partial charge < -0.3 is 9.47 Å². The summed E-state index contributed by atoms with van der Waals surface area (Å²) in [6.45, 7) is -9.95. The summed E-state index contributed by atoms with van der Waals surface area (Å²) in [5.74, 6) is 0. The molecule has 0 N–H and O–H groups in total. The summed E-state index contributed by atoms with van der Waals surface area (Å²) in [6.07, 6.45) is -0.789. The third kappa shape index (κ3) is 6.03. The monoisotopic (exact) mass is 744 g/mol. The highest BCUT2D eigenvalue weighted by Crippen LogP contribution is 2.60. The van der Waals surface area contributed by atoms with Crippen LogP contribution in [0.5, 0.6) is 0 Å². The average molecular weight is 745 g/mol. The van der Waals surface area contributed by atoms with Crippen LogP contribution in [-0.2, 0) is 49.5 Å². The molecule has 48 heavy (non-hydrogen) atoms. The Bertz CT molecular complexity index is 1850. The molecule has 0 amide bonds. The van der Waals surface area contributed by atoms with Crippen molar-refractivity contribution in [1.82, 2.24) is 39.0 Å². The Hall–Kier alpha value is -2.38. The maximum Gasteiger partial charge on any atom is 0.386 e. The van der Waals surface area contributed by atoms with E-state index < -0.39 is 76.0 Å². The molecule has 0 saturated carbocycles. The molecule has 0 spiro atoms. The van der Waals surface area contributed by atoms with Gasteiger partial charge in [-0.2, -0.15) is 0 Å². The fraction of sp³-hybridized carbons (Fsp3) is 0.538. The Labute approximate surface area is 281 Å². The SMILES string of the molecule is O=[P@]1(S)OCC2O[C@@H]3[C@H](F)[C@@H]2O[P@](=O)(S)OC[C@H]2O[C@H]([C@H](F)[C@@H]2O1)n1cnc2c(ncnc21)CC/C=C/CCc1ncnc2c1ncn23. The van der Waals surface area contributed by atoms with Gasteiger partial charge in [0.15, 0.2) is 36.1 Å². The van der Waals surface area contributed by atoms with E-state index in [2.05, 4.69) is 54.4 Å². The van der Waals surface area contributed by atoms with Crippen LogP contribution < -0.4 is 0 Å². The van der Waals surface area contributed by atoms with Gasteiger partial charge in [-0.1, -0.05) is 36.6 Å². The number of imidazole rings is 2. The largest absolute Gasteiger partial charge is 0.386 e. The van der Waals surface area contributed by atoms with Crippen LogP contribution in [0.1, 0.15) is 36.7 Å². The number of fused-ring (bicyclic) bond motifs is 10. The summed E-state index contributed by atoms with van der Waals surface area (Å²) in [4.78, 5) is 26.2. The van der Waals surface area contributed by atoms with Gasteiger partial charge in [0, 0.05) is 0 Å². The smallest absolute Gasteiger partial charge is 0.346 e. The normalized spacial score (nSPS) is 38.3. The van der Waals surface area contributed by atoms with Crippen LogP contribution in [0.4, 0.5) is 8.78 Å². The molecule has 9 heterocycles. The van der Waals surface area contributed by atoms with E-state index in [1.165, 1.54) is 34.4 Å². The average Bonchev–Trinajstić information content (AvgIpc) is 3.81. The van der Waals surface area contributed by atoms with Crippen LogP contribution in [0.2, 0.25) is 0 Å². The van der Waals surface area contributed by atoms with Crippen LogP contribution in [0.3, 0.4) is 0 Å². The highest BCUT2D eigenvalue weighted by atomic mass is 32.7. The van der Waals surface area contributed by atoms with Crippen LogP contribution in [0.15, 0.2) is 37.5 Å². The molecule has 3 fully saturated rings. The van der Waals surface area contributed by atoms with Crippen molar-refractivity contribution in [2.24, 2.45) is 0 Å². The number of hydrogen-bond acceptors (Lipinski definition) is 14. The number of alkyl halides is 2. The number of nitrogens with zero attached hydrogens (tertiary/aromatic N) is 8. The molecule has 0 aromatic carbocycles. The number of halogens is 2. The van der Waals surface area contributed by atoms with Gasteiger partial charge >= 0.3 is 13.6 Å². The number of aryl methyl sites for hydroxylation is 2. The van der Waals surface area contributed by atoms with Crippen molar-refractivity contribution < 1.29 is 45.5 Å². The van der Waals surface area contributed by atoms with E-state index in [9.17, 15) is 9.13 Å². The summed E-state index contributed by atoms with van der Waals surface area (Å²) in [6, 6.07) is 0. The third-order valence-corrected chi connectivity index (χ3v) is 11.8. The predicted molar refractivity (Wildman–Crippen MR) is 169 cm³/mol. The summed E-state index contributed by atoms with van der Waals surface area (Å²) in [5.41, 5.74) is 2.75. The van der Waals surface area contributed by atoms with E-state index in [4.69, 9.17) is 27.6 Å². The Kier molecular flexibility index (Phi) is 8.71. The molecule has 16 nitrogen and oxygen atoms in total. The Balaban J connectivity index is 1.21. The Morgan fingerprint density at radius 2 is 1.12 bits per heavy atom. The first-order valence-corrected chi connectivity index (χ1v) is 20.4. The van der Waals surface area contributed by atoms with E-state index in [-0.39, 0.29) is 0 Å². The summed E-state index contributed by atoms with van der Waals surface area (Å²) >= 11 is 8.13. The standard InChI is InChI=1S/C26H28F2N8O8P2S2/c27-17-21-15-7-39-46(38,48)44-22-16(8-40-45(37,47)43-21)42-26(18(22)28)36-12-34-20-14(30-10-32-24(20)36)6-4-2-1-3-5-13-19-23(31-9-29-13)35(11-33-19)25(17)41-15/h1-2,9-12,15-18,21-22,25-26H,3-8H2,(H,37,47)(H,38,48)/b2-1+/t15-,16?,17-,18-,21-,22-,25-,26-,45+,46-/m1/s1. The Morgan fingerprint density at radius 1 is 0.688 bits per heavy atom. The number of ether oxygens (including phenoxy) is 2. The zero-order valence-electron chi connectivity index (χ0n) is 24.7. The molecule has 256 valence electrons. The molecule has 1 unspecified atom stereocenters. The molecule has 9 rings (SSSR count). The van der Waals surface area contributed by atoms with Crippen LogP contribution >= 0.6 is 38.1 Å². The molecule has 0 radical (unpaired) electrons. The highest BCUT2D eigenvalue weighted by molar-refractivity contribution is 8.44. The van der Waals surface area contributed by atoms with Crippen LogP contribution in [-0.4, -0.2) is 89.0 Å². The molecule has 14 bridgehead atoms. The van der Waals surface area contributed by atoms with Crippen molar-refractivity contribution >= 4 is 60.4 Å². The maximum absolute atomic E-state index is 16.2. The van der Waals surface area contributed by atoms with Gasteiger partial charge in [-0.3, -0.25) is 27.2 Å². The van der Waals surface area contributed by atoms with E-state index >= 15 is 8.78 Å². The minimum atomic E-state index is -4.37. The lowest BCUT2D eigenvalue weighted by Gasteiger charge is -2.28. The van der Waals surface area contributed by atoms with E-state index in [0.717, 1.165) is 0 Å². The lowest BCUT2D eigenvalue weighted by atomic mass is 10.1. The van der Waals surface area contributed by atoms with Gasteiger partial charge in [0.1, 0.15) is 48.1 Å². The van der Waals surface area contributed by atoms with Crippen molar-refractivity contribution in [3.63, 3.8) is 0 Å². The van der Waals surface area contributed by atoms with E-state index in [1.54, 1.807) is 0 Å². The van der Waals surface area contributed by atoms with E-state index in [0.29, 0.717) is 59.4 Å². The third-order valence-electron chi connectivity index (χ3n) is 8.53. The lowest BCUT2D eigenvalue weighted by molar-refractivity contribution is -0.0544. The van der Waals surface area contributed by atoms with Gasteiger partial charge in [0.25, 0.3) is 0 Å². The lowest BCUT2D eigenvalue weighted by Crippen LogP contribution is -2.36. The predicted octanol–water partition coefficient (Wildman–Crippen LogP) is 4.47. The van der Waals surface area contributed by atoms with Gasteiger partial charge in [-0.05, 0) is 25.7 Å². The first-order valence-electron chi connectivity index (χ1n) is 15.0. The van der Waals surface area contributed by atoms with Gasteiger partial charge in [0.05, 0.1) is 37.3 Å². The number of rotatable bonds is 0. The van der Waals surface area contributed by atoms with Gasteiger partial charge in [-0.15, -0.1) is 0 Å². The number of allylic oxidation sites excluding steroid dienone is 2. The quantitative estimate of drug-likeness (QED) is 0.147. The van der Waals surface area contributed by atoms with E-state index in [1.807, 2.05) is 12.2 Å². The molecular weight excluding hydrogens is 716 g/mol. The molecular formula is C26H28F2N8O8P2S2. The van der Waals surface area contributed by atoms with Gasteiger partial charge in [0.2, 0.25) is 0 Å². The number of aromatic nitrogens is 8. The van der Waals surface area contributed by atoms with Gasteiger partial charge in [-0.25, -0.2) is 47.8 Å². The zero-order valence-corrected chi connectivity index (χ0v) is 28.3. The number of thiol groups is 2. The highest BCUT2D eigenvalue weighted by Gasteiger charge is 2.54. The summed E-state index contributed by atoms with van der Waals surface area (Å²) in [7, 11) is 0. The number of hydrogen-bond donors (Lipinski definition) is 2. The topological polar surface area (TPSA) is 177 Å². The molecule has 5 aliphatic rings. The van der Waals surface area contributed by atoms with Crippen LogP contribution in [0.25, 0.3) is 22.3 Å². The van der Waals surface area contributed by atoms with Crippen molar-refractivity contribution in [1.29, 1.82) is 0 Å². The minimum absolute atomic E-state index is 0.290. The second kappa shape index (κ2) is 12.7. The minimum Gasteiger partial charge on any atom is -0.346 e. The molecule has 4 aromatic heterocycles. The first-order chi connectivity index (χ1) is 23.1. The molecule has 10 atom stereocenters. The van der Waals surface area contributed by atoms with Crippen molar-refractivity contribution in [3.05, 3.63) is 48.8 Å². The maximum atomic E-state index is 16.2. The molecule has 4 aromatic rings.